The van der Waals surface area contributed by atoms with Gasteiger partial charge < -0.3 is 25.7 Å². The first-order chi connectivity index (χ1) is 17.5. The number of carbonyl (C=O) groups is 1. The van der Waals surface area contributed by atoms with Crippen molar-refractivity contribution in [3.63, 3.8) is 0 Å². The predicted octanol–water partition coefficient (Wildman–Crippen LogP) is 5.50. The lowest BCUT2D eigenvalue weighted by atomic mass is 10.00. The zero-order valence-corrected chi connectivity index (χ0v) is 23.0. The molecular formula is C30H55NO5. The number of unbranched alkanes of at least 4 members (excludes halogenated alkanes) is 10. The second-order valence-electron chi connectivity index (χ2n) is 9.73. The summed E-state index contributed by atoms with van der Waals surface area (Å²) >= 11 is 0. The Morgan fingerprint density at radius 3 is 1.92 bits per heavy atom. The fourth-order valence-corrected chi connectivity index (χ4v) is 4.01. The minimum atomic E-state index is -1.29. The summed E-state index contributed by atoms with van der Waals surface area (Å²) in [7, 11) is 0. The topological polar surface area (TPSA) is 110 Å². The second-order valence-corrected chi connectivity index (χ2v) is 9.73. The third kappa shape index (κ3) is 19.7. The minimum Gasteiger partial charge on any atom is -0.394 e. The molecule has 0 aliphatic carbocycles. The van der Waals surface area contributed by atoms with Gasteiger partial charge in [-0.1, -0.05) is 81.9 Å². The monoisotopic (exact) mass is 509 g/mol. The summed E-state index contributed by atoms with van der Waals surface area (Å²) in [4.78, 5) is 12.3. The first kappa shape index (κ1) is 34.5. The van der Waals surface area contributed by atoms with E-state index in [1.807, 2.05) is 13.0 Å². The van der Waals surface area contributed by atoms with Gasteiger partial charge in [0.05, 0.1) is 18.8 Å². The number of hydrogen-bond acceptors (Lipinski definition) is 5. The van der Waals surface area contributed by atoms with Crippen molar-refractivity contribution in [3.8, 4) is 0 Å². The van der Waals surface area contributed by atoms with E-state index in [0.29, 0.717) is 25.7 Å². The molecule has 0 fully saturated rings. The SMILES string of the molecule is C/C=C/CC/C=C/CCCC(O)C(O)C(CO)NC(=O)C(O)CCCC/C=C\CCCCCCCC. The molecule has 0 aromatic carbocycles. The highest BCUT2D eigenvalue weighted by atomic mass is 16.3. The molecule has 5 N–H and O–H groups in total. The smallest absolute Gasteiger partial charge is 0.249 e. The number of aliphatic hydroxyl groups excluding tert-OH is 4. The van der Waals surface area contributed by atoms with Gasteiger partial charge in [0.25, 0.3) is 0 Å². The highest BCUT2D eigenvalue weighted by molar-refractivity contribution is 5.80. The van der Waals surface area contributed by atoms with Crippen molar-refractivity contribution >= 4 is 5.91 Å². The fourth-order valence-electron chi connectivity index (χ4n) is 4.01. The van der Waals surface area contributed by atoms with Gasteiger partial charge in [0.15, 0.2) is 0 Å². The van der Waals surface area contributed by atoms with Crippen molar-refractivity contribution < 1.29 is 25.2 Å². The van der Waals surface area contributed by atoms with Crippen LogP contribution in [0.15, 0.2) is 36.5 Å². The molecule has 0 aromatic heterocycles. The zero-order valence-electron chi connectivity index (χ0n) is 23.0. The van der Waals surface area contributed by atoms with Gasteiger partial charge in [-0.25, -0.2) is 0 Å². The van der Waals surface area contributed by atoms with Gasteiger partial charge in [0.2, 0.25) is 5.91 Å². The molecule has 0 radical (unpaired) electrons. The molecule has 6 heteroatoms. The van der Waals surface area contributed by atoms with Crippen molar-refractivity contribution in [3.05, 3.63) is 36.5 Å². The molecule has 0 bridgehead atoms. The first-order valence-electron chi connectivity index (χ1n) is 14.3. The van der Waals surface area contributed by atoms with E-state index in [1.54, 1.807) is 0 Å². The summed E-state index contributed by atoms with van der Waals surface area (Å²) in [5.41, 5.74) is 0. The summed E-state index contributed by atoms with van der Waals surface area (Å²) in [6.07, 6.45) is 24.8. The number of amides is 1. The van der Waals surface area contributed by atoms with Crippen LogP contribution in [0.4, 0.5) is 0 Å². The van der Waals surface area contributed by atoms with Crippen LogP contribution in [0.25, 0.3) is 0 Å². The molecule has 0 aliphatic heterocycles. The summed E-state index contributed by atoms with van der Waals surface area (Å²) in [5, 5.41) is 42.8. The number of rotatable bonds is 24. The summed E-state index contributed by atoms with van der Waals surface area (Å²) < 4.78 is 0. The lowest BCUT2D eigenvalue weighted by Crippen LogP contribution is -2.53. The molecule has 6 nitrogen and oxygen atoms in total. The number of nitrogens with one attached hydrogen (secondary N) is 1. The summed E-state index contributed by atoms with van der Waals surface area (Å²) in [5.74, 6) is -0.622. The second kappa shape index (κ2) is 25.2. The third-order valence-corrected chi connectivity index (χ3v) is 6.40. The molecule has 0 saturated heterocycles. The molecule has 0 spiro atoms. The maximum Gasteiger partial charge on any atom is 0.249 e. The van der Waals surface area contributed by atoms with Gasteiger partial charge in [-0.3, -0.25) is 4.79 Å². The molecule has 36 heavy (non-hydrogen) atoms. The van der Waals surface area contributed by atoms with Crippen molar-refractivity contribution in [2.45, 2.75) is 141 Å². The van der Waals surface area contributed by atoms with Gasteiger partial charge in [0.1, 0.15) is 12.2 Å². The summed E-state index contributed by atoms with van der Waals surface area (Å²) in [6.45, 7) is 3.72. The van der Waals surface area contributed by atoms with Gasteiger partial charge >= 0.3 is 0 Å². The number of aliphatic hydroxyl groups is 4. The van der Waals surface area contributed by atoms with E-state index in [2.05, 4.69) is 42.6 Å². The fraction of sp³-hybridized carbons (Fsp3) is 0.767. The highest BCUT2D eigenvalue weighted by Gasteiger charge is 2.28. The average molecular weight is 510 g/mol. The number of hydrogen-bond donors (Lipinski definition) is 5. The molecule has 0 saturated carbocycles. The molecule has 0 rings (SSSR count). The number of carbonyl (C=O) groups excluding carboxylic acids is 1. The van der Waals surface area contributed by atoms with Crippen LogP contribution in [0.5, 0.6) is 0 Å². The van der Waals surface area contributed by atoms with Gasteiger partial charge in [-0.2, -0.15) is 0 Å². The van der Waals surface area contributed by atoms with Crippen LogP contribution in [-0.2, 0) is 4.79 Å². The van der Waals surface area contributed by atoms with Gasteiger partial charge in [0, 0.05) is 0 Å². The van der Waals surface area contributed by atoms with E-state index >= 15 is 0 Å². The Kier molecular flexibility index (Phi) is 24.2. The van der Waals surface area contributed by atoms with E-state index < -0.39 is 36.9 Å². The van der Waals surface area contributed by atoms with Crippen LogP contribution in [-0.4, -0.2) is 57.3 Å². The van der Waals surface area contributed by atoms with Crippen LogP contribution in [0.3, 0.4) is 0 Å². The Hall–Kier alpha value is -1.47. The Balaban J connectivity index is 4.03. The standard InChI is InChI=1S/C30H55NO5/c1-3-5-7-9-11-13-14-15-16-18-20-22-24-28(34)30(36)31-26(25-32)29(35)27(33)23-21-19-17-12-10-8-6-4-2/h4,6,12,15-17,26-29,32-35H,3,5,7-11,13-14,18-25H2,1-2H3,(H,31,36)/b6-4+,16-15-,17-12+. The van der Waals surface area contributed by atoms with E-state index in [4.69, 9.17) is 0 Å². The molecule has 0 heterocycles. The summed E-state index contributed by atoms with van der Waals surface area (Å²) in [6, 6.07) is -1.01. The maximum atomic E-state index is 12.3. The first-order valence-corrected chi connectivity index (χ1v) is 14.3. The van der Waals surface area contributed by atoms with Crippen molar-refractivity contribution in [1.82, 2.24) is 5.32 Å². The normalized spacial score (nSPS) is 15.6. The van der Waals surface area contributed by atoms with E-state index in [1.165, 1.54) is 38.5 Å². The van der Waals surface area contributed by atoms with E-state index in [9.17, 15) is 25.2 Å². The quantitative estimate of drug-likeness (QED) is 0.0872. The van der Waals surface area contributed by atoms with Crippen molar-refractivity contribution in [2.75, 3.05) is 6.61 Å². The third-order valence-electron chi connectivity index (χ3n) is 6.40. The van der Waals surface area contributed by atoms with Crippen LogP contribution in [0.2, 0.25) is 0 Å². The van der Waals surface area contributed by atoms with Crippen LogP contribution < -0.4 is 5.32 Å². The highest BCUT2D eigenvalue weighted by Crippen LogP contribution is 2.12. The maximum absolute atomic E-state index is 12.3. The lowest BCUT2D eigenvalue weighted by molar-refractivity contribution is -0.132. The van der Waals surface area contributed by atoms with E-state index in [0.717, 1.165) is 38.5 Å². The van der Waals surface area contributed by atoms with Gasteiger partial charge in [-0.15, -0.1) is 0 Å². The van der Waals surface area contributed by atoms with E-state index in [-0.39, 0.29) is 0 Å². The van der Waals surface area contributed by atoms with Crippen LogP contribution in [0.1, 0.15) is 117 Å². The van der Waals surface area contributed by atoms with Crippen LogP contribution in [0, 0.1) is 0 Å². The molecule has 4 atom stereocenters. The molecule has 1 amide bonds. The molecule has 0 aliphatic rings. The lowest BCUT2D eigenvalue weighted by Gasteiger charge is -2.27. The number of allylic oxidation sites excluding steroid dienone is 6. The molecule has 210 valence electrons. The van der Waals surface area contributed by atoms with Crippen LogP contribution >= 0.6 is 0 Å². The molecule has 0 aromatic rings. The Morgan fingerprint density at radius 2 is 1.28 bits per heavy atom. The van der Waals surface area contributed by atoms with Crippen molar-refractivity contribution in [2.24, 2.45) is 0 Å². The predicted molar refractivity (Wildman–Crippen MR) is 150 cm³/mol. The zero-order chi connectivity index (χ0) is 26.9. The van der Waals surface area contributed by atoms with Crippen molar-refractivity contribution in [1.29, 1.82) is 0 Å². The Labute approximate surface area is 220 Å². The Bertz CT molecular complexity index is 590. The Morgan fingerprint density at radius 1 is 0.722 bits per heavy atom. The largest absolute Gasteiger partial charge is 0.394 e. The van der Waals surface area contributed by atoms with Gasteiger partial charge in [-0.05, 0) is 71.1 Å². The molecule has 4 unspecified atom stereocenters. The average Bonchev–Trinajstić information content (AvgIpc) is 2.88. The minimum absolute atomic E-state index is 0.328. The molecular weight excluding hydrogens is 454 g/mol.